The summed E-state index contributed by atoms with van der Waals surface area (Å²) in [7, 11) is 0. The van der Waals surface area contributed by atoms with Crippen LogP contribution in [0.15, 0.2) is 24.3 Å². The first kappa shape index (κ1) is 15.2. The van der Waals surface area contributed by atoms with E-state index in [1.165, 1.54) is 12.8 Å². The lowest BCUT2D eigenvalue weighted by Crippen LogP contribution is -2.48. The van der Waals surface area contributed by atoms with E-state index in [1.54, 1.807) is 18.2 Å². The van der Waals surface area contributed by atoms with E-state index in [4.69, 9.17) is 4.74 Å². The lowest BCUT2D eigenvalue weighted by Gasteiger charge is -2.38. The van der Waals surface area contributed by atoms with E-state index in [2.05, 4.69) is 9.80 Å². The van der Waals surface area contributed by atoms with Gasteiger partial charge in [-0.1, -0.05) is 6.07 Å². The maximum atomic E-state index is 10.9. The third-order valence-electron chi connectivity index (χ3n) is 4.64. The summed E-state index contributed by atoms with van der Waals surface area (Å²) < 4.78 is 5.41. The van der Waals surface area contributed by atoms with Gasteiger partial charge in [0.2, 0.25) is 0 Å². The minimum absolute atomic E-state index is 0.169. The van der Waals surface area contributed by atoms with Gasteiger partial charge in [-0.25, -0.2) is 0 Å². The van der Waals surface area contributed by atoms with Crippen LogP contribution in [0.5, 0.6) is 0 Å². The van der Waals surface area contributed by atoms with Gasteiger partial charge in [-0.15, -0.1) is 0 Å². The van der Waals surface area contributed by atoms with E-state index in [1.807, 2.05) is 6.07 Å². The van der Waals surface area contributed by atoms with Crippen molar-refractivity contribution in [3.05, 3.63) is 34.4 Å². The fourth-order valence-corrected chi connectivity index (χ4v) is 3.29. The van der Waals surface area contributed by atoms with Crippen molar-refractivity contribution in [2.24, 2.45) is 5.92 Å². The van der Waals surface area contributed by atoms with E-state index < -0.39 is 0 Å². The highest BCUT2D eigenvalue weighted by atomic mass is 16.6. The fourth-order valence-electron chi connectivity index (χ4n) is 3.29. The van der Waals surface area contributed by atoms with Gasteiger partial charge in [0.25, 0.3) is 5.69 Å². The summed E-state index contributed by atoms with van der Waals surface area (Å²) >= 11 is 0. The van der Waals surface area contributed by atoms with Crippen LogP contribution in [0.25, 0.3) is 0 Å². The molecule has 22 heavy (non-hydrogen) atoms. The third-order valence-corrected chi connectivity index (χ3v) is 4.64. The number of ether oxygens (including phenoxy) is 1. The van der Waals surface area contributed by atoms with Crippen LogP contribution in [0.3, 0.4) is 0 Å². The summed E-state index contributed by atoms with van der Waals surface area (Å²) in [6.07, 6.45) is 2.34. The van der Waals surface area contributed by atoms with Gasteiger partial charge in [-0.3, -0.25) is 15.0 Å². The Morgan fingerprint density at radius 2 is 1.91 bits per heavy atom. The Balaban J connectivity index is 1.52. The van der Waals surface area contributed by atoms with Crippen LogP contribution in [0, 0.1) is 16.0 Å². The van der Waals surface area contributed by atoms with Crippen LogP contribution in [-0.2, 0) is 4.74 Å². The zero-order valence-corrected chi connectivity index (χ0v) is 12.8. The molecule has 1 aromatic rings. The Labute approximate surface area is 130 Å². The minimum Gasteiger partial charge on any atom is -0.381 e. The summed E-state index contributed by atoms with van der Waals surface area (Å²) in [5.74, 6) is 0.762. The molecular weight excluding hydrogens is 282 g/mol. The van der Waals surface area contributed by atoms with Crippen LogP contribution < -0.4 is 4.90 Å². The number of hydrogen-bond donors (Lipinski definition) is 0. The highest BCUT2D eigenvalue weighted by Gasteiger charge is 2.22. The van der Waals surface area contributed by atoms with Crippen LogP contribution in [0.1, 0.15) is 12.8 Å². The first-order valence-corrected chi connectivity index (χ1v) is 8.02. The predicted octanol–water partition coefficient (Wildman–Crippen LogP) is 2.14. The normalized spacial score (nSPS) is 21.0. The molecule has 3 rings (SSSR count). The lowest BCUT2D eigenvalue weighted by atomic mass is 9.99. The van der Waals surface area contributed by atoms with Crippen molar-refractivity contribution in [1.82, 2.24) is 4.90 Å². The molecule has 0 bridgehead atoms. The number of piperazine rings is 1. The summed E-state index contributed by atoms with van der Waals surface area (Å²) in [5.41, 5.74) is 1.13. The highest BCUT2D eigenvalue weighted by Crippen LogP contribution is 2.23. The molecule has 120 valence electrons. The average molecular weight is 305 g/mol. The Hall–Kier alpha value is -1.66. The molecule has 2 aliphatic rings. The Morgan fingerprint density at radius 1 is 1.18 bits per heavy atom. The van der Waals surface area contributed by atoms with Crippen molar-refractivity contribution < 1.29 is 9.66 Å². The standard InChI is InChI=1S/C16H23N3O3/c20-19(21)16-3-1-2-15(12-16)18-8-6-17(7-9-18)13-14-4-10-22-11-5-14/h1-3,12,14H,4-11,13H2. The van der Waals surface area contributed by atoms with Gasteiger partial charge in [-0.2, -0.15) is 0 Å². The van der Waals surface area contributed by atoms with Crippen molar-refractivity contribution in [1.29, 1.82) is 0 Å². The molecule has 0 aromatic heterocycles. The fraction of sp³-hybridized carbons (Fsp3) is 0.625. The summed E-state index contributed by atoms with van der Waals surface area (Å²) in [5, 5.41) is 10.9. The van der Waals surface area contributed by atoms with Crippen LogP contribution in [0.2, 0.25) is 0 Å². The van der Waals surface area contributed by atoms with Gasteiger partial charge in [0.1, 0.15) is 0 Å². The average Bonchev–Trinajstić information content (AvgIpc) is 2.56. The van der Waals surface area contributed by atoms with E-state index in [0.29, 0.717) is 0 Å². The molecule has 2 fully saturated rings. The van der Waals surface area contributed by atoms with Crippen molar-refractivity contribution in [3.63, 3.8) is 0 Å². The Kier molecular flexibility index (Phi) is 4.90. The second kappa shape index (κ2) is 7.07. The van der Waals surface area contributed by atoms with Crippen LogP contribution >= 0.6 is 0 Å². The minimum atomic E-state index is -0.328. The number of nitro groups is 1. The summed E-state index contributed by atoms with van der Waals surface area (Å²) in [6, 6.07) is 6.95. The quantitative estimate of drug-likeness (QED) is 0.630. The van der Waals surface area contributed by atoms with Crippen LogP contribution in [0.4, 0.5) is 11.4 Å². The van der Waals surface area contributed by atoms with Crippen molar-refractivity contribution in [3.8, 4) is 0 Å². The summed E-state index contributed by atoms with van der Waals surface area (Å²) in [4.78, 5) is 15.3. The molecule has 2 aliphatic heterocycles. The second-order valence-electron chi connectivity index (χ2n) is 6.12. The summed E-state index contributed by atoms with van der Waals surface area (Å²) in [6.45, 7) is 6.89. The molecule has 1 aromatic carbocycles. The lowest BCUT2D eigenvalue weighted by molar-refractivity contribution is -0.384. The number of rotatable bonds is 4. The number of nitrogens with zero attached hydrogens (tertiary/aromatic N) is 3. The number of hydrogen-bond acceptors (Lipinski definition) is 5. The molecule has 6 nitrogen and oxygen atoms in total. The highest BCUT2D eigenvalue weighted by molar-refractivity contribution is 5.53. The zero-order chi connectivity index (χ0) is 15.4. The predicted molar refractivity (Wildman–Crippen MR) is 85.3 cm³/mol. The molecule has 0 radical (unpaired) electrons. The molecule has 6 heteroatoms. The van der Waals surface area contributed by atoms with Gasteiger partial charge in [0.05, 0.1) is 4.92 Å². The monoisotopic (exact) mass is 305 g/mol. The van der Waals surface area contributed by atoms with Gasteiger partial charge in [-0.05, 0) is 24.8 Å². The number of anilines is 1. The van der Waals surface area contributed by atoms with Crippen molar-refractivity contribution in [2.75, 3.05) is 50.8 Å². The van der Waals surface area contributed by atoms with E-state index in [9.17, 15) is 10.1 Å². The largest absolute Gasteiger partial charge is 0.381 e. The SMILES string of the molecule is O=[N+]([O-])c1cccc(N2CCN(CC3CCOCC3)CC2)c1. The molecule has 0 amide bonds. The maximum Gasteiger partial charge on any atom is 0.271 e. The molecule has 0 unspecified atom stereocenters. The molecule has 2 saturated heterocycles. The molecule has 0 spiro atoms. The van der Waals surface area contributed by atoms with Gasteiger partial charge in [0.15, 0.2) is 0 Å². The smallest absolute Gasteiger partial charge is 0.271 e. The van der Waals surface area contributed by atoms with Crippen molar-refractivity contribution in [2.45, 2.75) is 12.8 Å². The van der Waals surface area contributed by atoms with Gasteiger partial charge in [0, 0.05) is 63.8 Å². The number of benzene rings is 1. The maximum absolute atomic E-state index is 10.9. The van der Waals surface area contributed by atoms with E-state index in [0.717, 1.165) is 57.5 Å². The Bertz CT molecular complexity index is 509. The first-order chi connectivity index (χ1) is 10.7. The number of non-ortho nitro benzene ring substituents is 1. The molecule has 0 aliphatic carbocycles. The van der Waals surface area contributed by atoms with Gasteiger partial charge < -0.3 is 9.64 Å². The Morgan fingerprint density at radius 3 is 2.59 bits per heavy atom. The molecule has 0 N–H and O–H groups in total. The molecule has 0 atom stereocenters. The molecular formula is C16H23N3O3. The van der Waals surface area contributed by atoms with E-state index in [-0.39, 0.29) is 10.6 Å². The second-order valence-corrected chi connectivity index (χ2v) is 6.12. The topological polar surface area (TPSA) is 58.9 Å². The molecule has 0 saturated carbocycles. The first-order valence-electron chi connectivity index (χ1n) is 8.02. The van der Waals surface area contributed by atoms with Gasteiger partial charge >= 0.3 is 0 Å². The van der Waals surface area contributed by atoms with Crippen molar-refractivity contribution >= 4 is 11.4 Å². The third kappa shape index (κ3) is 3.75. The number of nitro benzene ring substituents is 1. The van der Waals surface area contributed by atoms with Crippen LogP contribution in [-0.4, -0.2) is 55.8 Å². The molecule has 2 heterocycles. The van der Waals surface area contributed by atoms with E-state index >= 15 is 0 Å². The zero-order valence-electron chi connectivity index (χ0n) is 12.8.